The van der Waals surface area contributed by atoms with E-state index >= 15 is 0 Å². The van der Waals surface area contributed by atoms with E-state index in [0.29, 0.717) is 21.7 Å². The van der Waals surface area contributed by atoms with E-state index in [1.54, 1.807) is 0 Å². The molecule has 0 spiro atoms. The van der Waals surface area contributed by atoms with Crippen molar-refractivity contribution < 1.29 is 9.90 Å². The summed E-state index contributed by atoms with van der Waals surface area (Å²) in [7, 11) is 1.91. The molecule has 0 aliphatic carbocycles. The van der Waals surface area contributed by atoms with Crippen LogP contribution in [0, 0.1) is 5.92 Å². The molecule has 8 heteroatoms. The van der Waals surface area contributed by atoms with E-state index in [-0.39, 0.29) is 6.04 Å². The highest BCUT2D eigenvalue weighted by atomic mass is 35.5. The Morgan fingerprint density at radius 3 is 2.17 bits per heavy atom. The van der Waals surface area contributed by atoms with E-state index in [0.717, 1.165) is 16.0 Å². The van der Waals surface area contributed by atoms with Crippen LogP contribution in [0.4, 0.5) is 0 Å². The summed E-state index contributed by atoms with van der Waals surface area (Å²) in [6.45, 7) is 7.49. The molecule has 0 bridgehead atoms. The van der Waals surface area contributed by atoms with Crippen LogP contribution in [0.3, 0.4) is 0 Å². The van der Waals surface area contributed by atoms with Gasteiger partial charge in [-0.05, 0) is 49.2 Å². The van der Waals surface area contributed by atoms with E-state index in [1.807, 2.05) is 74.3 Å². The van der Waals surface area contributed by atoms with Gasteiger partial charge in [0.05, 0.1) is 5.92 Å². The average molecular weight is 464 g/mol. The van der Waals surface area contributed by atoms with Gasteiger partial charge in [-0.3, -0.25) is 4.79 Å². The molecule has 30 heavy (non-hydrogen) atoms. The van der Waals surface area contributed by atoms with Crippen LogP contribution in [-0.2, 0) is 4.79 Å². The normalized spacial score (nSPS) is 12.6. The highest BCUT2D eigenvalue weighted by Crippen LogP contribution is 2.27. The molecule has 0 aliphatic heterocycles. The standard InChI is InChI=1S/C22H26ClN3O2S2/c1-15(2)26(4)22(25-24-3)30-14-18(21(27)28)13-29-20-11-7-17(8-12-20)16-5-9-19(23)10-6-16/h5-12,15,18H,3,13-14H2,1-2,4H3,(H,27,28)/b25-22+. The maximum absolute atomic E-state index is 11.7. The summed E-state index contributed by atoms with van der Waals surface area (Å²) < 4.78 is 0. The van der Waals surface area contributed by atoms with Crippen LogP contribution in [0.1, 0.15) is 13.8 Å². The molecule has 0 saturated heterocycles. The van der Waals surface area contributed by atoms with E-state index < -0.39 is 11.9 Å². The van der Waals surface area contributed by atoms with Crippen molar-refractivity contribution in [1.82, 2.24) is 4.90 Å². The topological polar surface area (TPSA) is 65.3 Å². The monoisotopic (exact) mass is 463 g/mol. The second-order valence-electron chi connectivity index (χ2n) is 6.92. The summed E-state index contributed by atoms with van der Waals surface area (Å²) in [5.74, 6) is -0.434. The number of hydrogen-bond donors (Lipinski definition) is 1. The lowest BCUT2D eigenvalue weighted by Gasteiger charge is -2.24. The lowest BCUT2D eigenvalue weighted by atomic mass is 10.1. The first kappa shape index (κ1) is 24.3. The van der Waals surface area contributed by atoms with Crippen LogP contribution >= 0.6 is 35.1 Å². The van der Waals surface area contributed by atoms with Crippen molar-refractivity contribution in [1.29, 1.82) is 0 Å². The minimum atomic E-state index is -0.814. The van der Waals surface area contributed by atoms with Crippen LogP contribution in [0.25, 0.3) is 11.1 Å². The predicted octanol–water partition coefficient (Wildman–Crippen LogP) is 5.84. The number of halogens is 1. The van der Waals surface area contributed by atoms with Gasteiger partial charge in [0.1, 0.15) is 0 Å². The molecule has 1 N–H and O–H groups in total. The zero-order valence-corrected chi connectivity index (χ0v) is 19.7. The predicted molar refractivity (Wildman–Crippen MR) is 131 cm³/mol. The molecule has 0 fully saturated rings. The van der Waals surface area contributed by atoms with Crippen LogP contribution < -0.4 is 0 Å². The van der Waals surface area contributed by atoms with Gasteiger partial charge in [0.25, 0.3) is 0 Å². The summed E-state index contributed by atoms with van der Waals surface area (Å²) in [6, 6.07) is 16.0. The van der Waals surface area contributed by atoms with Crippen LogP contribution in [0.15, 0.2) is 63.6 Å². The first-order valence-corrected chi connectivity index (χ1v) is 11.8. The van der Waals surface area contributed by atoms with Gasteiger partial charge in [-0.2, -0.15) is 5.10 Å². The molecule has 160 valence electrons. The lowest BCUT2D eigenvalue weighted by molar-refractivity contribution is -0.140. The summed E-state index contributed by atoms with van der Waals surface area (Å²) >= 11 is 8.88. The number of carboxylic acids is 1. The molecule has 0 heterocycles. The number of nitrogens with zero attached hydrogens (tertiary/aromatic N) is 3. The van der Waals surface area contributed by atoms with E-state index in [4.69, 9.17) is 11.6 Å². The third-order valence-corrected chi connectivity index (χ3v) is 7.10. The minimum absolute atomic E-state index is 0.231. The second kappa shape index (κ2) is 12.0. The molecule has 2 aromatic rings. The number of rotatable bonds is 9. The smallest absolute Gasteiger partial charge is 0.308 e. The fraction of sp³-hybridized carbons (Fsp3) is 0.318. The number of thioether (sulfide) groups is 2. The summed E-state index contributed by atoms with van der Waals surface area (Å²) in [5.41, 5.74) is 2.18. The molecule has 0 saturated carbocycles. The van der Waals surface area contributed by atoms with Gasteiger partial charge in [-0.15, -0.1) is 16.9 Å². The molecule has 2 aromatic carbocycles. The number of amidine groups is 1. The van der Waals surface area contributed by atoms with E-state index in [1.165, 1.54) is 23.5 Å². The fourth-order valence-corrected chi connectivity index (χ4v) is 4.83. The Kier molecular flexibility index (Phi) is 9.75. The largest absolute Gasteiger partial charge is 0.481 e. The Morgan fingerprint density at radius 2 is 1.67 bits per heavy atom. The van der Waals surface area contributed by atoms with E-state index in [2.05, 4.69) is 16.9 Å². The Bertz CT molecular complexity index is 871. The molecule has 1 atom stereocenters. The molecule has 2 rings (SSSR count). The van der Waals surface area contributed by atoms with Crippen molar-refractivity contribution in [2.75, 3.05) is 18.6 Å². The van der Waals surface area contributed by atoms with Crippen molar-refractivity contribution in [3.8, 4) is 11.1 Å². The maximum atomic E-state index is 11.7. The first-order chi connectivity index (χ1) is 14.3. The number of benzene rings is 2. The molecular formula is C22H26ClN3O2S2. The fourth-order valence-electron chi connectivity index (χ4n) is 2.43. The Hall–Kier alpha value is -1.96. The van der Waals surface area contributed by atoms with Gasteiger partial charge in [-0.1, -0.05) is 47.6 Å². The van der Waals surface area contributed by atoms with Gasteiger partial charge in [0.15, 0.2) is 5.17 Å². The minimum Gasteiger partial charge on any atom is -0.481 e. The van der Waals surface area contributed by atoms with Crippen molar-refractivity contribution >= 4 is 53.0 Å². The molecule has 0 radical (unpaired) electrons. The highest BCUT2D eigenvalue weighted by Gasteiger charge is 2.21. The molecule has 0 amide bonds. The number of hydrogen-bond acceptors (Lipinski definition) is 5. The Labute approximate surface area is 191 Å². The molecule has 1 unspecified atom stereocenters. The third-order valence-electron chi connectivity index (χ3n) is 4.48. The maximum Gasteiger partial charge on any atom is 0.308 e. The van der Waals surface area contributed by atoms with Gasteiger partial charge in [-0.25, -0.2) is 0 Å². The van der Waals surface area contributed by atoms with E-state index in [9.17, 15) is 9.90 Å². The second-order valence-corrected chi connectivity index (χ2v) is 9.43. The highest BCUT2D eigenvalue weighted by molar-refractivity contribution is 8.13. The van der Waals surface area contributed by atoms with Crippen LogP contribution in [0.5, 0.6) is 0 Å². The van der Waals surface area contributed by atoms with Crippen molar-refractivity contribution in [2.45, 2.75) is 24.8 Å². The summed E-state index contributed by atoms with van der Waals surface area (Å²) in [4.78, 5) is 14.7. The SMILES string of the molecule is C=N/N=C(/SCC(CSc1ccc(-c2ccc(Cl)cc2)cc1)C(=O)O)N(C)C(C)C. The first-order valence-electron chi connectivity index (χ1n) is 9.42. The zero-order chi connectivity index (χ0) is 22.1. The zero-order valence-electron chi connectivity index (χ0n) is 17.3. The Balaban J connectivity index is 1.97. The Morgan fingerprint density at radius 1 is 1.10 bits per heavy atom. The third kappa shape index (κ3) is 7.38. The number of carbonyl (C=O) groups is 1. The number of aliphatic carboxylic acids is 1. The molecule has 5 nitrogen and oxygen atoms in total. The van der Waals surface area contributed by atoms with Gasteiger partial charge >= 0.3 is 5.97 Å². The van der Waals surface area contributed by atoms with Crippen molar-refractivity contribution in [2.24, 2.45) is 16.1 Å². The van der Waals surface area contributed by atoms with Crippen LogP contribution in [0.2, 0.25) is 5.02 Å². The van der Waals surface area contributed by atoms with Crippen LogP contribution in [-0.4, -0.2) is 52.5 Å². The van der Waals surface area contributed by atoms with Gasteiger partial charge in [0.2, 0.25) is 0 Å². The molecule has 0 aromatic heterocycles. The summed E-state index contributed by atoms with van der Waals surface area (Å²) in [5, 5.41) is 18.7. The number of carboxylic acid groups (broad SMARTS) is 1. The van der Waals surface area contributed by atoms with Gasteiger partial charge < -0.3 is 10.0 Å². The average Bonchev–Trinajstić information content (AvgIpc) is 2.73. The summed E-state index contributed by atoms with van der Waals surface area (Å²) in [6.07, 6.45) is 0. The van der Waals surface area contributed by atoms with Crippen molar-refractivity contribution in [3.05, 3.63) is 53.6 Å². The molecular weight excluding hydrogens is 438 g/mol. The lowest BCUT2D eigenvalue weighted by Crippen LogP contribution is -2.32. The molecule has 0 aliphatic rings. The van der Waals surface area contributed by atoms with Gasteiger partial charge in [0, 0.05) is 41.2 Å². The van der Waals surface area contributed by atoms with Crippen molar-refractivity contribution in [3.63, 3.8) is 0 Å². The quantitative estimate of drug-likeness (QED) is 0.219.